The Hall–Kier alpha value is -1.50. The molecular formula is C11H11N. The number of anilines is 1. The maximum absolute atomic E-state index is 5.67. The van der Waals surface area contributed by atoms with Crippen molar-refractivity contribution in [1.29, 1.82) is 0 Å². The third kappa shape index (κ3) is 1.14. The summed E-state index contributed by atoms with van der Waals surface area (Å²) in [5.74, 6) is 0. The van der Waals surface area contributed by atoms with Gasteiger partial charge in [-0.05, 0) is 29.8 Å². The van der Waals surface area contributed by atoms with Crippen LogP contribution in [-0.4, -0.2) is 0 Å². The maximum atomic E-state index is 5.67. The largest absolute Gasteiger partial charge is 0.399 e. The Morgan fingerprint density at radius 3 is 2.50 bits per heavy atom. The Kier molecular flexibility index (Phi) is 1.51. The minimum atomic E-state index is 0.827. The van der Waals surface area contributed by atoms with Gasteiger partial charge in [-0.15, -0.1) is 0 Å². The van der Waals surface area contributed by atoms with Crippen LogP contribution in [0.3, 0.4) is 0 Å². The summed E-state index contributed by atoms with van der Waals surface area (Å²) < 4.78 is 0. The van der Waals surface area contributed by atoms with Crippen molar-refractivity contribution in [1.82, 2.24) is 0 Å². The fourth-order valence-corrected chi connectivity index (χ4v) is 1.38. The zero-order valence-electron chi connectivity index (χ0n) is 7.04. The van der Waals surface area contributed by atoms with Gasteiger partial charge in [0.15, 0.2) is 0 Å². The molecule has 2 N–H and O–H groups in total. The first-order valence-corrected chi connectivity index (χ1v) is 4.01. The number of nitrogen functional groups attached to an aromatic ring is 1. The Balaban J connectivity index is 2.80. The SMILES string of the molecule is Cc1ccc2ccc(N)cc2c1. The van der Waals surface area contributed by atoms with Crippen molar-refractivity contribution in [2.45, 2.75) is 6.92 Å². The van der Waals surface area contributed by atoms with Gasteiger partial charge in [0.2, 0.25) is 0 Å². The van der Waals surface area contributed by atoms with Crippen LogP contribution in [0.25, 0.3) is 10.8 Å². The van der Waals surface area contributed by atoms with Crippen LogP contribution in [0.2, 0.25) is 0 Å². The first-order chi connectivity index (χ1) is 5.75. The second-order valence-corrected chi connectivity index (χ2v) is 3.11. The number of rotatable bonds is 0. The van der Waals surface area contributed by atoms with E-state index in [1.165, 1.54) is 16.3 Å². The van der Waals surface area contributed by atoms with Gasteiger partial charge in [-0.3, -0.25) is 0 Å². The molecule has 0 amide bonds. The number of nitrogens with two attached hydrogens (primary N) is 1. The molecule has 0 fully saturated rings. The van der Waals surface area contributed by atoms with Gasteiger partial charge in [0.1, 0.15) is 0 Å². The molecule has 0 unspecified atom stereocenters. The van der Waals surface area contributed by atoms with E-state index in [2.05, 4.69) is 25.1 Å². The van der Waals surface area contributed by atoms with Gasteiger partial charge in [0.25, 0.3) is 0 Å². The van der Waals surface area contributed by atoms with Crippen molar-refractivity contribution >= 4 is 16.5 Å². The summed E-state index contributed by atoms with van der Waals surface area (Å²) in [5, 5.41) is 2.46. The van der Waals surface area contributed by atoms with Crippen molar-refractivity contribution in [3.63, 3.8) is 0 Å². The van der Waals surface area contributed by atoms with Crippen molar-refractivity contribution in [3.05, 3.63) is 42.0 Å². The van der Waals surface area contributed by atoms with Gasteiger partial charge < -0.3 is 5.73 Å². The van der Waals surface area contributed by atoms with Gasteiger partial charge in [0.05, 0.1) is 0 Å². The summed E-state index contributed by atoms with van der Waals surface area (Å²) in [5.41, 5.74) is 7.77. The molecule has 0 spiro atoms. The molecule has 2 aromatic carbocycles. The molecule has 0 bridgehead atoms. The van der Waals surface area contributed by atoms with E-state index in [1.54, 1.807) is 0 Å². The first kappa shape index (κ1) is 7.17. The summed E-state index contributed by atoms with van der Waals surface area (Å²) in [6, 6.07) is 12.3. The highest BCUT2D eigenvalue weighted by Crippen LogP contribution is 2.18. The minimum absolute atomic E-state index is 0.827. The molecule has 0 saturated heterocycles. The lowest BCUT2D eigenvalue weighted by Crippen LogP contribution is -1.83. The van der Waals surface area contributed by atoms with E-state index in [1.807, 2.05) is 18.2 Å². The molecule has 0 radical (unpaired) electrons. The zero-order valence-corrected chi connectivity index (χ0v) is 7.04. The van der Waals surface area contributed by atoms with Crippen molar-refractivity contribution in [2.75, 3.05) is 5.73 Å². The molecule has 0 heterocycles. The van der Waals surface area contributed by atoms with Crippen LogP contribution in [-0.2, 0) is 0 Å². The fraction of sp³-hybridized carbons (Fsp3) is 0.0909. The molecular weight excluding hydrogens is 146 g/mol. The van der Waals surface area contributed by atoms with Crippen LogP contribution in [0.1, 0.15) is 5.56 Å². The number of benzene rings is 2. The minimum Gasteiger partial charge on any atom is -0.399 e. The lowest BCUT2D eigenvalue weighted by atomic mass is 10.1. The molecule has 0 aliphatic carbocycles. The molecule has 60 valence electrons. The van der Waals surface area contributed by atoms with Crippen molar-refractivity contribution in [3.8, 4) is 0 Å². The van der Waals surface area contributed by atoms with E-state index in [-0.39, 0.29) is 0 Å². The second-order valence-electron chi connectivity index (χ2n) is 3.11. The van der Waals surface area contributed by atoms with Gasteiger partial charge in [0, 0.05) is 5.69 Å². The summed E-state index contributed by atoms with van der Waals surface area (Å²) in [6.45, 7) is 2.09. The van der Waals surface area contributed by atoms with E-state index < -0.39 is 0 Å². The summed E-state index contributed by atoms with van der Waals surface area (Å²) >= 11 is 0. The summed E-state index contributed by atoms with van der Waals surface area (Å²) in [6.07, 6.45) is 0. The Morgan fingerprint density at radius 2 is 1.67 bits per heavy atom. The number of fused-ring (bicyclic) bond motifs is 1. The van der Waals surface area contributed by atoms with Gasteiger partial charge >= 0.3 is 0 Å². The average Bonchev–Trinajstić information content (AvgIpc) is 2.03. The topological polar surface area (TPSA) is 26.0 Å². The standard InChI is InChI=1S/C11H11N/c1-8-2-3-9-4-5-11(12)7-10(9)6-8/h2-7H,12H2,1H3. The molecule has 0 aromatic heterocycles. The first-order valence-electron chi connectivity index (χ1n) is 4.01. The molecule has 2 rings (SSSR count). The van der Waals surface area contributed by atoms with Crippen LogP contribution in [0.5, 0.6) is 0 Å². The lowest BCUT2D eigenvalue weighted by molar-refractivity contribution is 1.51. The molecule has 0 atom stereocenters. The summed E-state index contributed by atoms with van der Waals surface area (Å²) in [7, 11) is 0. The highest BCUT2D eigenvalue weighted by molar-refractivity contribution is 5.85. The maximum Gasteiger partial charge on any atom is 0.0320 e. The van der Waals surface area contributed by atoms with Crippen LogP contribution in [0.15, 0.2) is 36.4 Å². The van der Waals surface area contributed by atoms with Crippen molar-refractivity contribution < 1.29 is 0 Å². The highest BCUT2D eigenvalue weighted by atomic mass is 14.5. The molecule has 0 aliphatic rings. The smallest absolute Gasteiger partial charge is 0.0320 e. The number of aryl methyl sites for hydroxylation is 1. The zero-order chi connectivity index (χ0) is 8.55. The van der Waals surface area contributed by atoms with Crippen LogP contribution < -0.4 is 5.73 Å². The van der Waals surface area contributed by atoms with E-state index in [4.69, 9.17) is 5.73 Å². The molecule has 12 heavy (non-hydrogen) atoms. The average molecular weight is 157 g/mol. The fourth-order valence-electron chi connectivity index (χ4n) is 1.38. The van der Waals surface area contributed by atoms with E-state index in [0.717, 1.165) is 5.69 Å². The Morgan fingerprint density at radius 1 is 0.917 bits per heavy atom. The van der Waals surface area contributed by atoms with Gasteiger partial charge in [-0.2, -0.15) is 0 Å². The second kappa shape index (κ2) is 2.52. The molecule has 0 saturated carbocycles. The molecule has 1 nitrogen and oxygen atoms in total. The van der Waals surface area contributed by atoms with Crippen LogP contribution >= 0.6 is 0 Å². The number of hydrogen-bond acceptors (Lipinski definition) is 1. The quantitative estimate of drug-likeness (QED) is 0.584. The highest BCUT2D eigenvalue weighted by Gasteiger charge is 1.93. The van der Waals surface area contributed by atoms with Gasteiger partial charge in [-0.1, -0.05) is 29.8 Å². The lowest BCUT2D eigenvalue weighted by Gasteiger charge is -1.99. The summed E-state index contributed by atoms with van der Waals surface area (Å²) in [4.78, 5) is 0. The van der Waals surface area contributed by atoms with Gasteiger partial charge in [-0.25, -0.2) is 0 Å². The molecule has 2 aromatic rings. The predicted octanol–water partition coefficient (Wildman–Crippen LogP) is 2.73. The third-order valence-corrected chi connectivity index (χ3v) is 2.02. The van der Waals surface area contributed by atoms with Crippen LogP contribution in [0, 0.1) is 6.92 Å². The van der Waals surface area contributed by atoms with E-state index in [9.17, 15) is 0 Å². The normalized spacial score (nSPS) is 10.4. The number of hydrogen-bond donors (Lipinski definition) is 1. The predicted molar refractivity (Wildman–Crippen MR) is 53.1 cm³/mol. The molecule has 0 aliphatic heterocycles. The van der Waals surface area contributed by atoms with E-state index >= 15 is 0 Å². The Labute approximate surface area is 71.8 Å². The van der Waals surface area contributed by atoms with Crippen molar-refractivity contribution in [2.24, 2.45) is 0 Å². The van der Waals surface area contributed by atoms with Crippen LogP contribution in [0.4, 0.5) is 5.69 Å². The molecule has 1 heteroatoms. The Bertz CT molecular complexity index is 382. The van der Waals surface area contributed by atoms with E-state index in [0.29, 0.717) is 0 Å². The monoisotopic (exact) mass is 157 g/mol. The third-order valence-electron chi connectivity index (χ3n) is 2.02.